The van der Waals surface area contributed by atoms with Crippen molar-refractivity contribution in [1.29, 1.82) is 0 Å². The molecular formula is C66H47N5. The van der Waals surface area contributed by atoms with Crippen LogP contribution >= 0.6 is 0 Å². The van der Waals surface area contributed by atoms with Crippen molar-refractivity contribution in [2.45, 2.75) is 31.6 Å². The molecule has 71 heavy (non-hydrogen) atoms. The molecule has 9 aromatic carbocycles. The molecule has 336 valence electrons. The summed E-state index contributed by atoms with van der Waals surface area (Å²) in [4.78, 5) is 18.0. The van der Waals surface area contributed by atoms with Gasteiger partial charge in [-0.15, -0.1) is 0 Å². The highest BCUT2D eigenvalue weighted by Crippen LogP contribution is 2.53. The van der Waals surface area contributed by atoms with E-state index in [1.54, 1.807) is 0 Å². The Balaban J connectivity index is 0.843. The van der Waals surface area contributed by atoms with Gasteiger partial charge in [-0.2, -0.15) is 0 Å². The van der Waals surface area contributed by atoms with Gasteiger partial charge in [-0.05, 0) is 123 Å². The van der Waals surface area contributed by atoms with Gasteiger partial charge in [0.1, 0.15) is 0 Å². The highest BCUT2D eigenvalue weighted by molar-refractivity contribution is 6.10. The first-order chi connectivity index (χ1) is 34.9. The molecule has 0 amide bonds. The van der Waals surface area contributed by atoms with E-state index in [0.29, 0.717) is 17.5 Å². The van der Waals surface area contributed by atoms with Crippen LogP contribution in [0, 0.1) is 0 Å². The molecule has 14 rings (SSSR count). The Morgan fingerprint density at radius 3 is 1.87 bits per heavy atom. The number of aromatic nitrogens is 4. The van der Waals surface area contributed by atoms with Crippen molar-refractivity contribution in [2.75, 3.05) is 4.90 Å². The van der Waals surface area contributed by atoms with Crippen molar-refractivity contribution in [2.24, 2.45) is 0 Å². The molecule has 2 aliphatic carbocycles. The summed E-state index contributed by atoms with van der Waals surface area (Å²) in [5.41, 5.74) is 21.1. The first kappa shape index (κ1) is 41.1. The van der Waals surface area contributed by atoms with Gasteiger partial charge in [0.05, 0.1) is 16.7 Å². The van der Waals surface area contributed by atoms with Crippen molar-refractivity contribution >= 4 is 33.2 Å². The molecule has 5 nitrogen and oxygen atoms in total. The van der Waals surface area contributed by atoms with Crippen molar-refractivity contribution in [3.05, 3.63) is 253 Å². The molecule has 2 aromatic heterocycles. The minimum atomic E-state index is -0.144. The lowest BCUT2D eigenvalue weighted by molar-refractivity contribution is 0.660. The van der Waals surface area contributed by atoms with Crippen LogP contribution in [0.15, 0.2) is 236 Å². The largest absolute Gasteiger partial charge is 0.313 e. The third-order valence-electron chi connectivity index (χ3n) is 15.1. The molecule has 0 spiro atoms. The van der Waals surface area contributed by atoms with Crippen LogP contribution in [0.5, 0.6) is 0 Å². The summed E-state index contributed by atoms with van der Waals surface area (Å²) < 4.78 is 2.38. The highest BCUT2D eigenvalue weighted by atomic mass is 15.2. The Hall–Kier alpha value is -8.93. The molecule has 1 aliphatic heterocycles. The fraction of sp³-hybridized carbons (Fsp3) is 0.0758. The second kappa shape index (κ2) is 16.1. The Morgan fingerprint density at radius 2 is 1.03 bits per heavy atom. The average Bonchev–Trinajstić information content (AvgIpc) is 4.03. The number of rotatable bonds is 7. The predicted molar refractivity (Wildman–Crippen MR) is 292 cm³/mol. The maximum Gasteiger partial charge on any atom is 0.164 e. The number of hydrogen-bond acceptors (Lipinski definition) is 4. The summed E-state index contributed by atoms with van der Waals surface area (Å²) in [6, 6.07) is 76.8. The molecule has 0 N–H and O–H groups in total. The van der Waals surface area contributed by atoms with E-state index in [-0.39, 0.29) is 11.3 Å². The fourth-order valence-corrected chi connectivity index (χ4v) is 11.6. The van der Waals surface area contributed by atoms with Crippen LogP contribution in [0.1, 0.15) is 42.9 Å². The van der Waals surface area contributed by atoms with E-state index in [1.165, 1.54) is 72.1 Å². The molecule has 1 unspecified atom stereocenters. The standard InChI is InChI=1S/C66H47N5/c1-66(2)57-28-12-9-25-51(57)52-34-32-48(40-58(52)66)65-68-63(42-17-5-3-6-18-42)67-64(69-65)47-21-15-19-43(37-47)46-31-35-55-53-26-10-13-29-59(53)71(62(55)41-46)50-24-16-20-44(38-50)45-33-36-61-56(39-45)54-27-11-14-30-60(54)70(61)49-22-7-4-8-23-49/h3-25,27-41,53H,26H2,1-2H3. The quantitative estimate of drug-likeness (QED) is 0.160. The number of allylic oxidation sites excluding steroid dienone is 4. The summed E-state index contributed by atoms with van der Waals surface area (Å²) in [6.07, 6.45) is 7.78. The number of hydrogen-bond donors (Lipinski definition) is 0. The van der Waals surface area contributed by atoms with E-state index in [9.17, 15) is 0 Å². The van der Waals surface area contributed by atoms with E-state index >= 15 is 0 Å². The molecule has 11 aromatic rings. The van der Waals surface area contributed by atoms with Crippen LogP contribution in [-0.4, -0.2) is 19.5 Å². The first-order valence-corrected chi connectivity index (χ1v) is 24.6. The van der Waals surface area contributed by atoms with E-state index in [2.05, 4.69) is 236 Å². The van der Waals surface area contributed by atoms with Crippen molar-refractivity contribution in [1.82, 2.24) is 19.5 Å². The van der Waals surface area contributed by atoms with Gasteiger partial charge >= 0.3 is 0 Å². The third-order valence-corrected chi connectivity index (χ3v) is 15.1. The van der Waals surface area contributed by atoms with Crippen LogP contribution in [0.3, 0.4) is 0 Å². The fourth-order valence-electron chi connectivity index (χ4n) is 11.6. The van der Waals surface area contributed by atoms with E-state index in [0.717, 1.165) is 45.6 Å². The van der Waals surface area contributed by atoms with Gasteiger partial charge in [-0.3, -0.25) is 0 Å². The smallest absolute Gasteiger partial charge is 0.164 e. The second-order valence-electron chi connectivity index (χ2n) is 19.6. The Bertz CT molecular complexity index is 4010. The van der Waals surface area contributed by atoms with Gasteiger partial charge in [0, 0.05) is 55.9 Å². The zero-order valence-electron chi connectivity index (χ0n) is 39.5. The van der Waals surface area contributed by atoms with Crippen LogP contribution in [0.4, 0.5) is 11.4 Å². The topological polar surface area (TPSA) is 46.8 Å². The van der Waals surface area contributed by atoms with Crippen LogP contribution < -0.4 is 4.90 Å². The Labute approximate surface area is 413 Å². The number of benzene rings is 9. The molecular weight excluding hydrogens is 863 g/mol. The minimum Gasteiger partial charge on any atom is -0.313 e. The number of nitrogens with zero attached hydrogens (tertiary/aromatic N) is 5. The van der Waals surface area contributed by atoms with E-state index in [4.69, 9.17) is 15.0 Å². The summed E-state index contributed by atoms with van der Waals surface area (Å²) in [5, 5.41) is 2.49. The zero-order chi connectivity index (χ0) is 47.2. The van der Waals surface area contributed by atoms with Gasteiger partial charge in [-0.1, -0.05) is 178 Å². The van der Waals surface area contributed by atoms with Crippen LogP contribution in [0.2, 0.25) is 0 Å². The summed E-state index contributed by atoms with van der Waals surface area (Å²) in [5.74, 6) is 2.23. The van der Waals surface area contributed by atoms with Crippen LogP contribution in [0.25, 0.3) is 95.0 Å². The monoisotopic (exact) mass is 909 g/mol. The maximum absolute atomic E-state index is 5.25. The van der Waals surface area contributed by atoms with Gasteiger partial charge < -0.3 is 9.47 Å². The molecule has 3 aliphatic rings. The molecule has 3 heterocycles. The average molecular weight is 910 g/mol. The van der Waals surface area contributed by atoms with Crippen molar-refractivity contribution in [3.8, 4) is 73.2 Å². The molecule has 0 bridgehead atoms. The van der Waals surface area contributed by atoms with E-state index < -0.39 is 0 Å². The lowest BCUT2D eigenvalue weighted by Crippen LogP contribution is -2.15. The first-order valence-electron chi connectivity index (χ1n) is 24.6. The third kappa shape index (κ3) is 6.65. The lowest BCUT2D eigenvalue weighted by atomic mass is 9.82. The number of para-hydroxylation sites is 2. The molecule has 1 atom stereocenters. The normalized spacial score (nSPS) is 15.1. The molecule has 0 saturated heterocycles. The number of fused-ring (bicyclic) bond motifs is 9. The molecule has 0 fully saturated rings. The van der Waals surface area contributed by atoms with Crippen molar-refractivity contribution < 1.29 is 0 Å². The second-order valence-corrected chi connectivity index (χ2v) is 19.6. The van der Waals surface area contributed by atoms with Gasteiger partial charge in [0.2, 0.25) is 0 Å². The maximum atomic E-state index is 5.25. The minimum absolute atomic E-state index is 0.144. The molecule has 0 radical (unpaired) electrons. The summed E-state index contributed by atoms with van der Waals surface area (Å²) >= 11 is 0. The van der Waals surface area contributed by atoms with Crippen molar-refractivity contribution in [3.63, 3.8) is 0 Å². The van der Waals surface area contributed by atoms with E-state index in [1.807, 2.05) is 18.2 Å². The van der Waals surface area contributed by atoms with Gasteiger partial charge in [0.15, 0.2) is 17.5 Å². The Kier molecular flexibility index (Phi) is 9.30. The number of anilines is 2. The van der Waals surface area contributed by atoms with Gasteiger partial charge in [-0.25, -0.2) is 15.0 Å². The SMILES string of the molecule is CC1(C)c2ccccc2-c2ccc(-c3nc(-c4ccccc4)nc(-c4cccc(-c5ccc6c(c5)N(c5cccc(-c7ccc8c(c7)c7ccccc7n8-c7ccccc7)c5)C5=CC=CCC56)c4)n3)cc21. The highest BCUT2D eigenvalue weighted by Gasteiger charge is 2.37. The molecule has 5 heteroatoms. The Morgan fingerprint density at radius 1 is 0.437 bits per heavy atom. The zero-order valence-corrected chi connectivity index (χ0v) is 39.5. The summed E-state index contributed by atoms with van der Waals surface area (Å²) in [7, 11) is 0. The predicted octanol–water partition coefficient (Wildman–Crippen LogP) is 16.7. The molecule has 0 saturated carbocycles. The van der Waals surface area contributed by atoms with Crippen LogP contribution in [-0.2, 0) is 5.41 Å². The van der Waals surface area contributed by atoms with Gasteiger partial charge in [0.25, 0.3) is 0 Å². The lowest BCUT2D eigenvalue weighted by Gasteiger charge is -2.25. The summed E-state index contributed by atoms with van der Waals surface area (Å²) in [6.45, 7) is 4.62.